The van der Waals surface area contributed by atoms with Crippen molar-refractivity contribution in [1.29, 1.82) is 5.26 Å². The summed E-state index contributed by atoms with van der Waals surface area (Å²) in [5.41, 5.74) is 0. The van der Waals surface area contributed by atoms with Gasteiger partial charge in [-0.2, -0.15) is 5.26 Å². The highest BCUT2D eigenvalue weighted by Crippen LogP contribution is 2.00. The van der Waals surface area contributed by atoms with E-state index in [4.69, 9.17) is 5.26 Å². The predicted molar refractivity (Wildman–Crippen MR) is 57.3 cm³/mol. The summed E-state index contributed by atoms with van der Waals surface area (Å²) in [7, 11) is 0. The van der Waals surface area contributed by atoms with Crippen LogP contribution in [0.5, 0.6) is 0 Å². The van der Waals surface area contributed by atoms with Gasteiger partial charge in [0.15, 0.2) is 0 Å². The van der Waals surface area contributed by atoms with Crippen LogP contribution in [0.4, 0.5) is 0 Å². The molecule has 0 aliphatic heterocycles. The Morgan fingerprint density at radius 3 is 2.54 bits per heavy atom. The maximum absolute atomic E-state index is 8.25. The second-order valence-electron chi connectivity index (χ2n) is 3.04. The monoisotopic (exact) mass is 177 g/mol. The number of nitrogens with zero attached hydrogens (tertiary/aromatic N) is 1. The zero-order chi connectivity index (χ0) is 9.78. The molecule has 1 nitrogen and oxygen atoms in total. The lowest BCUT2D eigenvalue weighted by atomic mass is 10.2. The minimum atomic E-state index is 0.531. The van der Waals surface area contributed by atoms with E-state index in [1.54, 1.807) is 0 Å². The molecule has 0 aliphatic rings. The van der Waals surface area contributed by atoms with E-state index in [9.17, 15) is 0 Å². The van der Waals surface area contributed by atoms with Crippen molar-refractivity contribution in [2.75, 3.05) is 0 Å². The van der Waals surface area contributed by atoms with E-state index < -0.39 is 0 Å². The van der Waals surface area contributed by atoms with Crippen LogP contribution in [-0.4, -0.2) is 0 Å². The molecule has 0 fully saturated rings. The van der Waals surface area contributed by atoms with Crippen LogP contribution >= 0.6 is 0 Å². The molecule has 0 saturated heterocycles. The van der Waals surface area contributed by atoms with Crippen LogP contribution in [0.15, 0.2) is 24.3 Å². The SMILES string of the molecule is CCCCC/C=C\C/C=C\CC#N. The molecule has 0 aliphatic carbocycles. The summed E-state index contributed by atoms with van der Waals surface area (Å²) in [4.78, 5) is 0. The smallest absolute Gasteiger partial charge is 0.0663 e. The van der Waals surface area contributed by atoms with Gasteiger partial charge in [0.25, 0.3) is 0 Å². The first-order valence-electron chi connectivity index (χ1n) is 5.08. The Kier molecular flexibility index (Phi) is 10.1. The van der Waals surface area contributed by atoms with Gasteiger partial charge in [0.2, 0.25) is 0 Å². The number of unbranched alkanes of at least 4 members (excludes halogenated alkanes) is 3. The highest BCUT2D eigenvalue weighted by Gasteiger charge is 1.80. The molecule has 0 radical (unpaired) electrons. The lowest BCUT2D eigenvalue weighted by molar-refractivity contribution is 0.728. The lowest BCUT2D eigenvalue weighted by Crippen LogP contribution is -1.70. The Bertz CT molecular complexity index is 184. The van der Waals surface area contributed by atoms with Gasteiger partial charge in [-0.3, -0.25) is 0 Å². The van der Waals surface area contributed by atoms with Gasteiger partial charge in [-0.25, -0.2) is 0 Å². The topological polar surface area (TPSA) is 23.8 Å². The molecule has 0 atom stereocenters. The van der Waals surface area contributed by atoms with Gasteiger partial charge >= 0.3 is 0 Å². The minimum Gasteiger partial charge on any atom is -0.198 e. The van der Waals surface area contributed by atoms with Gasteiger partial charge in [-0.15, -0.1) is 0 Å². The number of hydrogen-bond acceptors (Lipinski definition) is 1. The van der Waals surface area contributed by atoms with E-state index in [0.29, 0.717) is 6.42 Å². The molecule has 0 bridgehead atoms. The summed E-state index contributed by atoms with van der Waals surface area (Å²) in [6, 6.07) is 2.08. The van der Waals surface area contributed by atoms with Gasteiger partial charge in [-0.05, 0) is 19.3 Å². The van der Waals surface area contributed by atoms with Crippen molar-refractivity contribution < 1.29 is 0 Å². The zero-order valence-electron chi connectivity index (χ0n) is 8.50. The van der Waals surface area contributed by atoms with E-state index in [0.717, 1.165) is 6.42 Å². The molecule has 0 aromatic carbocycles. The molecule has 0 unspecified atom stereocenters. The van der Waals surface area contributed by atoms with Crippen molar-refractivity contribution in [1.82, 2.24) is 0 Å². The number of nitriles is 1. The van der Waals surface area contributed by atoms with Crippen LogP contribution in [0.25, 0.3) is 0 Å². The van der Waals surface area contributed by atoms with Gasteiger partial charge in [0.1, 0.15) is 0 Å². The number of hydrogen-bond donors (Lipinski definition) is 0. The van der Waals surface area contributed by atoms with Gasteiger partial charge in [0.05, 0.1) is 12.5 Å². The first-order valence-corrected chi connectivity index (χ1v) is 5.08. The standard InChI is InChI=1S/C12H19N/c1-2-3-4-5-6-7-8-9-10-11-12-13/h6-7,9-10H,2-5,8,11H2,1H3/b7-6-,10-9-. The summed E-state index contributed by atoms with van der Waals surface area (Å²) >= 11 is 0. The van der Waals surface area contributed by atoms with Crippen LogP contribution in [0.1, 0.15) is 45.4 Å². The maximum Gasteiger partial charge on any atom is 0.0663 e. The van der Waals surface area contributed by atoms with Crippen molar-refractivity contribution in [2.45, 2.75) is 45.4 Å². The second kappa shape index (κ2) is 11.0. The summed E-state index contributed by atoms with van der Waals surface area (Å²) < 4.78 is 0. The number of rotatable bonds is 7. The molecule has 0 N–H and O–H groups in total. The molecule has 72 valence electrons. The summed E-state index contributed by atoms with van der Waals surface area (Å²) in [6.45, 7) is 2.22. The molecule has 0 aromatic heterocycles. The Balaban J connectivity index is 3.17. The molecule has 0 spiro atoms. The normalized spacial score (nSPS) is 11.1. The fraction of sp³-hybridized carbons (Fsp3) is 0.583. The quantitative estimate of drug-likeness (QED) is 0.426. The fourth-order valence-electron chi connectivity index (χ4n) is 1.04. The number of allylic oxidation sites excluding steroid dienone is 4. The predicted octanol–water partition coefficient (Wildman–Crippen LogP) is 3.98. The van der Waals surface area contributed by atoms with E-state index in [1.807, 2.05) is 12.2 Å². The summed E-state index contributed by atoms with van der Waals surface area (Å²) in [5.74, 6) is 0. The van der Waals surface area contributed by atoms with Crippen molar-refractivity contribution in [2.24, 2.45) is 0 Å². The fourth-order valence-corrected chi connectivity index (χ4v) is 1.04. The highest BCUT2D eigenvalue weighted by molar-refractivity contribution is 4.96. The van der Waals surface area contributed by atoms with Crippen LogP contribution in [-0.2, 0) is 0 Å². The maximum atomic E-state index is 8.25. The first kappa shape index (κ1) is 12.0. The van der Waals surface area contributed by atoms with Crippen LogP contribution < -0.4 is 0 Å². The van der Waals surface area contributed by atoms with Gasteiger partial charge in [-0.1, -0.05) is 44.1 Å². The molecule has 0 amide bonds. The third-order valence-electron chi connectivity index (χ3n) is 1.79. The molecule has 0 rings (SSSR count). The Morgan fingerprint density at radius 1 is 1.08 bits per heavy atom. The molecular formula is C12H19N. The summed E-state index contributed by atoms with van der Waals surface area (Å²) in [5, 5.41) is 8.25. The van der Waals surface area contributed by atoms with Crippen LogP contribution in [0, 0.1) is 11.3 Å². The minimum absolute atomic E-state index is 0.531. The highest BCUT2D eigenvalue weighted by atomic mass is 14.2. The third-order valence-corrected chi connectivity index (χ3v) is 1.79. The Morgan fingerprint density at radius 2 is 1.85 bits per heavy atom. The lowest BCUT2D eigenvalue weighted by Gasteiger charge is -1.90. The Hall–Kier alpha value is -1.03. The van der Waals surface area contributed by atoms with Crippen LogP contribution in [0.2, 0.25) is 0 Å². The van der Waals surface area contributed by atoms with Gasteiger partial charge in [0, 0.05) is 0 Å². The van der Waals surface area contributed by atoms with E-state index in [1.165, 1.54) is 25.7 Å². The molecule has 1 heteroatoms. The van der Waals surface area contributed by atoms with Crippen molar-refractivity contribution in [3.05, 3.63) is 24.3 Å². The second-order valence-corrected chi connectivity index (χ2v) is 3.04. The third kappa shape index (κ3) is 11.0. The van der Waals surface area contributed by atoms with Crippen LogP contribution in [0.3, 0.4) is 0 Å². The van der Waals surface area contributed by atoms with Crippen molar-refractivity contribution >= 4 is 0 Å². The van der Waals surface area contributed by atoms with E-state index in [2.05, 4.69) is 25.1 Å². The molecule has 0 saturated carbocycles. The van der Waals surface area contributed by atoms with Gasteiger partial charge < -0.3 is 0 Å². The largest absolute Gasteiger partial charge is 0.198 e. The van der Waals surface area contributed by atoms with E-state index >= 15 is 0 Å². The zero-order valence-corrected chi connectivity index (χ0v) is 8.50. The Labute approximate surface area is 81.8 Å². The first-order chi connectivity index (χ1) is 6.41. The van der Waals surface area contributed by atoms with Crippen molar-refractivity contribution in [3.8, 4) is 6.07 Å². The average molecular weight is 177 g/mol. The van der Waals surface area contributed by atoms with Crippen molar-refractivity contribution in [3.63, 3.8) is 0 Å². The molecule has 0 aromatic rings. The summed E-state index contributed by atoms with van der Waals surface area (Å²) in [6.07, 6.45) is 15.0. The molecule has 13 heavy (non-hydrogen) atoms. The molecule has 0 heterocycles. The van der Waals surface area contributed by atoms with E-state index in [-0.39, 0.29) is 0 Å². The average Bonchev–Trinajstić information content (AvgIpc) is 2.16. The molecular weight excluding hydrogens is 158 g/mol.